The van der Waals surface area contributed by atoms with Crippen molar-refractivity contribution >= 4 is 23.3 Å². The minimum absolute atomic E-state index is 0.0264. The third-order valence-corrected chi connectivity index (χ3v) is 3.06. The van der Waals surface area contributed by atoms with Gasteiger partial charge in [-0.25, -0.2) is 9.37 Å². The predicted octanol–water partition coefficient (Wildman–Crippen LogP) is 1.53. The van der Waals surface area contributed by atoms with Crippen molar-refractivity contribution in [3.8, 4) is 0 Å². The molecule has 0 spiro atoms. The molecule has 1 unspecified atom stereocenters. The fourth-order valence-electron chi connectivity index (χ4n) is 1.85. The highest BCUT2D eigenvalue weighted by molar-refractivity contribution is 6.30. The van der Waals surface area contributed by atoms with Crippen LogP contribution in [0.15, 0.2) is 12.3 Å². The van der Waals surface area contributed by atoms with E-state index in [1.165, 1.54) is 6.20 Å². The summed E-state index contributed by atoms with van der Waals surface area (Å²) in [6.07, 6.45) is 1.33. The number of hydrogen-bond acceptors (Lipinski definition) is 4. The first-order valence-corrected chi connectivity index (χ1v) is 6.40. The van der Waals surface area contributed by atoms with Crippen LogP contribution in [0.2, 0.25) is 5.02 Å². The fraction of sp³-hybridized carbons (Fsp3) is 0.500. The van der Waals surface area contributed by atoms with Crippen LogP contribution in [-0.2, 0) is 9.53 Å². The number of pyridine rings is 1. The van der Waals surface area contributed by atoms with Gasteiger partial charge in [0.05, 0.1) is 18.2 Å². The summed E-state index contributed by atoms with van der Waals surface area (Å²) in [7, 11) is 0. The highest BCUT2D eigenvalue weighted by Crippen LogP contribution is 2.16. The van der Waals surface area contributed by atoms with Crippen molar-refractivity contribution in [3.05, 3.63) is 23.1 Å². The SMILES string of the molecule is CC(Nc1ncc(Cl)cc1F)C(=O)N1CCOCC1. The molecule has 5 nitrogen and oxygen atoms in total. The molecule has 1 atom stereocenters. The first-order valence-electron chi connectivity index (χ1n) is 6.02. The number of nitrogens with zero attached hydrogens (tertiary/aromatic N) is 2. The lowest BCUT2D eigenvalue weighted by Gasteiger charge is -2.29. The van der Waals surface area contributed by atoms with Gasteiger partial charge in [-0.2, -0.15) is 0 Å². The number of rotatable bonds is 3. The summed E-state index contributed by atoms with van der Waals surface area (Å²) in [6, 6.07) is 0.601. The number of carbonyl (C=O) groups is 1. The summed E-state index contributed by atoms with van der Waals surface area (Å²) in [5, 5.41) is 2.98. The molecule has 1 saturated heterocycles. The fourth-order valence-corrected chi connectivity index (χ4v) is 1.99. The van der Waals surface area contributed by atoms with Crippen LogP contribution < -0.4 is 5.32 Å². The van der Waals surface area contributed by atoms with Gasteiger partial charge >= 0.3 is 0 Å². The summed E-state index contributed by atoms with van der Waals surface area (Å²) in [4.78, 5) is 17.6. The maximum absolute atomic E-state index is 13.6. The molecule has 0 aromatic carbocycles. The topological polar surface area (TPSA) is 54.5 Å². The number of morpholine rings is 1. The van der Waals surface area contributed by atoms with E-state index in [1.54, 1.807) is 11.8 Å². The van der Waals surface area contributed by atoms with Crippen LogP contribution in [0.25, 0.3) is 0 Å². The first kappa shape index (κ1) is 14.0. The van der Waals surface area contributed by atoms with Gasteiger partial charge in [0.2, 0.25) is 5.91 Å². The van der Waals surface area contributed by atoms with Gasteiger partial charge in [0.25, 0.3) is 0 Å². The lowest BCUT2D eigenvalue weighted by Crippen LogP contribution is -2.47. The molecule has 2 heterocycles. The zero-order valence-corrected chi connectivity index (χ0v) is 11.3. The minimum Gasteiger partial charge on any atom is -0.378 e. The van der Waals surface area contributed by atoms with Crippen LogP contribution in [-0.4, -0.2) is 48.1 Å². The Balaban J connectivity index is 1.99. The smallest absolute Gasteiger partial charge is 0.244 e. The Morgan fingerprint density at radius 3 is 2.89 bits per heavy atom. The van der Waals surface area contributed by atoms with Crippen molar-refractivity contribution in [3.63, 3.8) is 0 Å². The van der Waals surface area contributed by atoms with Gasteiger partial charge in [-0.3, -0.25) is 4.79 Å². The number of anilines is 1. The van der Waals surface area contributed by atoms with Gasteiger partial charge in [-0.15, -0.1) is 0 Å². The van der Waals surface area contributed by atoms with Gasteiger partial charge in [-0.05, 0) is 13.0 Å². The third-order valence-electron chi connectivity index (χ3n) is 2.85. The second-order valence-electron chi connectivity index (χ2n) is 4.29. The molecular formula is C12H15ClFN3O2. The molecular weight excluding hydrogens is 273 g/mol. The Labute approximate surface area is 115 Å². The van der Waals surface area contributed by atoms with Crippen LogP contribution >= 0.6 is 11.6 Å². The number of halogens is 2. The summed E-state index contributed by atoms with van der Waals surface area (Å²) in [5.41, 5.74) is 0. The summed E-state index contributed by atoms with van der Waals surface area (Å²) in [6.45, 7) is 3.86. The monoisotopic (exact) mass is 287 g/mol. The van der Waals surface area contributed by atoms with E-state index in [2.05, 4.69) is 10.3 Å². The highest BCUT2D eigenvalue weighted by Gasteiger charge is 2.23. The molecule has 1 aromatic heterocycles. The Hall–Kier alpha value is -1.40. The summed E-state index contributed by atoms with van der Waals surface area (Å²) < 4.78 is 18.7. The van der Waals surface area contributed by atoms with Crippen molar-refractivity contribution in [1.29, 1.82) is 0 Å². The molecule has 7 heteroatoms. The Morgan fingerprint density at radius 1 is 1.58 bits per heavy atom. The molecule has 2 rings (SSSR count). The normalized spacial score (nSPS) is 17.1. The Bertz CT molecular complexity index is 466. The van der Waals surface area contributed by atoms with Crippen molar-refractivity contribution in [2.45, 2.75) is 13.0 Å². The number of nitrogens with one attached hydrogen (secondary N) is 1. The quantitative estimate of drug-likeness (QED) is 0.916. The lowest BCUT2D eigenvalue weighted by atomic mass is 10.2. The third kappa shape index (κ3) is 3.54. The molecule has 1 fully saturated rings. The second kappa shape index (κ2) is 6.16. The van der Waals surface area contributed by atoms with Gasteiger partial charge in [0.1, 0.15) is 6.04 Å². The van der Waals surface area contributed by atoms with E-state index in [1.807, 2.05) is 0 Å². The number of hydrogen-bond donors (Lipinski definition) is 1. The maximum Gasteiger partial charge on any atom is 0.244 e. The van der Waals surface area contributed by atoms with Crippen molar-refractivity contribution in [2.75, 3.05) is 31.6 Å². The van der Waals surface area contributed by atoms with E-state index in [-0.39, 0.29) is 16.7 Å². The first-order chi connectivity index (χ1) is 9.08. The highest BCUT2D eigenvalue weighted by atomic mass is 35.5. The van der Waals surface area contributed by atoms with Crippen LogP contribution in [0.1, 0.15) is 6.92 Å². The molecule has 0 saturated carbocycles. The molecule has 1 N–H and O–H groups in total. The van der Waals surface area contributed by atoms with Crippen molar-refractivity contribution in [1.82, 2.24) is 9.88 Å². The van der Waals surface area contributed by atoms with Crippen molar-refractivity contribution in [2.24, 2.45) is 0 Å². The average Bonchev–Trinajstić information content (AvgIpc) is 2.42. The van der Waals surface area contributed by atoms with Gasteiger partial charge in [0.15, 0.2) is 11.6 Å². The number of aromatic nitrogens is 1. The van der Waals surface area contributed by atoms with E-state index < -0.39 is 11.9 Å². The molecule has 104 valence electrons. The summed E-state index contributed by atoms with van der Waals surface area (Å²) in [5.74, 6) is -0.646. The number of ether oxygens (including phenoxy) is 1. The van der Waals surface area contributed by atoms with Crippen LogP contribution in [0.4, 0.5) is 10.2 Å². The average molecular weight is 288 g/mol. The number of carbonyl (C=O) groups excluding carboxylic acids is 1. The Morgan fingerprint density at radius 2 is 2.26 bits per heavy atom. The molecule has 0 radical (unpaired) electrons. The molecule has 1 amide bonds. The van der Waals surface area contributed by atoms with Crippen LogP contribution in [0, 0.1) is 5.82 Å². The largest absolute Gasteiger partial charge is 0.378 e. The van der Waals surface area contributed by atoms with Crippen LogP contribution in [0.3, 0.4) is 0 Å². The van der Waals surface area contributed by atoms with E-state index in [0.717, 1.165) is 6.07 Å². The lowest BCUT2D eigenvalue weighted by molar-refractivity contribution is -0.135. The number of amides is 1. The van der Waals surface area contributed by atoms with Crippen molar-refractivity contribution < 1.29 is 13.9 Å². The molecule has 1 aliphatic rings. The van der Waals surface area contributed by atoms with E-state index in [9.17, 15) is 9.18 Å². The minimum atomic E-state index is -0.575. The molecule has 1 aromatic rings. The van der Waals surface area contributed by atoms with Gasteiger partial charge in [0, 0.05) is 19.3 Å². The molecule has 0 bridgehead atoms. The van der Waals surface area contributed by atoms with E-state index in [0.29, 0.717) is 26.3 Å². The molecule has 1 aliphatic heterocycles. The summed E-state index contributed by atoms with van der Waals surface area (Å²) >= 11 is 5.62. The van der Waals surface area contributed by atoms with E-state index >= 15 is 0 Å². The second-order valence-corrected chi connectivity index (χ2v) is 4.72. The zero-order valence-electron chi connectivity index (χ0n) is 10.5. The molecule has 19 heavy (non-hydrogen) atoms. The van der Waals surface area contributed by atoms with Gasteiger partial charge in [-0.1, -0.05) is 11.6 Å². The van der Waals surface area contributed by atoms with Crippen LogP contribution in [0.5, 0.6) is 0 Å². The standard InChI is InChI=1S/C12H15ClFN3O2/c1-8(12(18)17-2-4-19-5-3-17)16-11-10(14)6-9(13)7-15-11/h6-8H,2-5H2,1H3,(H,15,16). The molecule has 0 aliphatic carbocycles. The Kier molecular flexibility index (Phi) is 4.55. The predicted molar refractivity (Wildman–Crippen MR) is 69.7 cm³/mol. The zero-order chi connectivity index (χ0) is 13.8. The maximum atomic E-state index is 13.6. The van der Waals surface area contributed by atoms with Gasteiger partial charge < -0.3 is 15.0 Å². The van der Waals surface area contributed by atoms with E-state index in [4.69, 9.17) is 16.3 Å².